The first-order valence-electron chi connectivity index (χ1n) is 5.84. The molecule has 98 valence electrons. The maximum Gasteiger partial charge on any atom is 0.165 e. The fourth-order valence-corrected chi connectivity index (χ4v) is 1.74. The molecule has 2 rings (SSSR count). The maximum absolute atomic E-state index is 13.7. The molecule has 2 nitrogen and oxygen atoms in total. The van der Waals surface area contributed by atoms with Crippen LogP contribution in [0.3, 0.4) is 0 Å². The fourth-order valence-electron chi connectivity index (χ4n) is 1.62. The molecule has 2 aromatic rings. The number of benzene rings is 2. The molecule has 0 spiro atoms. The van der Waals surface area contributed by atoms with Crippen molar-refractivity contribution < 1.29 is 9.13 Å². The normalized spacial score (nSPS) is 10.2. The highest BCUT2D eigenvalue weighted by atomic mass is 32.1. The molecule has 0 radical (unpaired) electrons. The van der Waals surface area contributed by atoms with Gasteiger partial charge in [-0.3, -0.25) is 0 Å². The van der Waals surface area contributed by atoms with Gasteiger partial charge in [-0.05, 0) is 30.7 Å². The lowest BCUT2D eigenvalue weighted by molar-refractivity contribution is 0.290. The molecule has 0 amide bonds. The van der Waals surface area contributed by atoms with E-state index in [-0.39, 0.29) is 10.7 Å². The summed E-state index contributed by atoms with van der Waals surface area (Å²) in [5.41, 5.74) is 8.10. The van der Waals surface area contributed by atoms with Crippen molar-refractivity contribution in [2.75, 3.05) is 0 Å². The molecule has 19 heavy (non-hydrogen) atoms. The SMILES string of the molecule is Cc1ccc(COc2ccc(C(N)=S)cc2F)cc1. The lowest BCUT2D eigenvalue weighted by atomic mass is 10.2. The number of thiocarbonyl (C=S) groups is 1. The number of rotatable bonds is 4. The molecule has 0 fully saturated rings. The summed E-state index contributed by atoms with van der Waals surface area (Å²) in [4.78, 5) is 0.170. The van der Waals surface area contributed by atoms with Crippen molar-refractivity contribution in [1.29, 1.82) is 0 Å². The number of aryl methyl sites for hydroxylation is 1. The Morgan fingerprint density at radius 1 is 1.21 bits per heavy atom. The Morgan fingerprint density at radius 3 is 2.47 bits per heavy atom. The molecule has 0 heterocycles. The summed E-state index contributed by atoms with van der Waals surface area (Å²) in [6.07, 6.45) is 0. The summed E-state index contributed by atoms with van der Waals surface area (Å²) < 4.78 is 19.2. The van der Waals surface area contributed by atoms with Gasteiger partial charge in [0.1, 0.15) is 11.6 Å². The van der Waals surface area contributed by atoms with E-state index in [0.29, 0.717) is 12.2 Å². The molecule has 0 unspecified atom stereocenters. The quantitative estimate of drug-likeness (QED) is 0.869. The van der Waals surface area contributed by atoms with Crippen molar-refractivity contribution in [2.45, 2.75) is 13.5 Å². The molecule has 4 heteroatoms. The lowest BCUT2D eigenvalue weighted by Gasteiger charge is -2.08. The molecular weight excluding hydrogens is 261 g/mol. The van der Waals surface area contributed by atoms with Crippen LogP contribution in [0.1, 0.15) is 16.7 Å². The lowest BCUT2D eigenvalue weighted by Crippen LogP contribution is -2.09. The number of ether oxygens (including phenoxy) is 1. The van der Waals surface area contributed by atoms with Gasteiger partial charge in [-0.2, -0.15) is 0 Å². The Labute approximate surface area is 117 Å². The zero-order chi connectivity index (χ0) is 13.8. The van der Waals surface area contributed by atoms with Crippen LogP contribution >= 0.6 is 12.2 Å². The first kappa shape index (κ1) is 13.5. The number of hydrogen-bond acceptors (Lipinski definition) is 2. The third-order valence-electron chi connectivity index (χ3n) is 2.73. The van der Waals surface area contributed by atoms with Gasteiger partial charge in [-0.25, -0.2) is 4.39 Å². The minimum atomic E-state index is -0.461. The van der Waals surface area contributed by atoms with Crippen LogP contribution in [0.2, 0.25) is 0 Å². The van der Waals surface area contributed by atoms with Gasteiger partial charge in [0.25, 0.3) is 0 Å². The number of nitrogens with two attached hydrogens (primary N) is 1. The van der Waals surface area contributed by atoms with Gasteiger partial charge in [0.15, 0.2) is 11.6 Å². The van der Waals surface area contributed by atoms with E-state index in [2.05, 4.69) is 0 Å². The average Bonchev–Trinajstić information content (AvgIpc) is 2.39. The van der Waals surface area contributed by atoms with Crippen molar-refractivity contribution in [2.24, 2.45) is 5.73 Å². The Kier molecular flexibility index (Phi) is 4.12. The monoisotopic (exact) mass is 275 g/mol. The van der Waals surface area contributed by atoms with E-state index in [1.807, 2.05) is 31.2 Å². The Morgan fingerprint density at radius 2 is 1.89 bits per heavy atom. The van der Waals surface area contributed by atoms with Gasteiger partial charge in [-0.15, -0.1) is 0 Å². The largest absolute Gasteiger partial charge is 0.486 e. The van der Waals surface area contributed by atoms with Gasteiger partial charge in [0.2, 0.25) is 0 Å². The maximum atomic E-state index is 13.7. The minimum absolute atomic E-state index is 0.170. The van der Waals surface area contributed by atoms with Crippen LogP contribution in [-0.4, -0.2) is 4.99 Å². The molecule has 0 atom stereocenters. The van der Waals surface area contributed by atoms with Crippen LogP contribution in [0, 0.1) is 12.7 Å². The molecule has 0 saturated carbocycles. The summed E-state index contributed by atoms with van der Waals surface area (Å²) in [6, 6.07) is 12.4. The Hall–Kier alpha value is -1.94. The van der Waals surface area contributed by atoms with Crippen LogP contribution in [0.25, 0.3) is 0 Å². The molecule has 0 aliphatic rings. The zero-order valence-electron chi connectivity index (χ0n) is 10.5. The molecule has 2 N–H and O–H groups in total. The second-order valence-corrected chi connectivity index (χ2v) is 4.72. The first-order valence-corrected chi connectivity index (χ1v) is 6.25. The van der Waals surface area contributed by atoms with Crippen LogP contribution in [-0.2, 0) is 6.61 Å². The Bertz CT molecular complexity index is 596. The number of halogens is 1. The van der Waals surface area contributed by atoms with Gasteiger partial charge >= 0.3 is 0 Å². The van der Waals surface area contributed by atoms with E-state index in [9.17, 15) is 4.39 Å². The van der Waals surface area contributed by atoms with Crippen molar-refractivity contribution in [3.63, 3.8) is 0 Å². The van der Waals surface area contributed by atoms with Crippen LogP contribution < -0.4 is 10.5 Å². The zero-order valence-corrected chi connectivity index (χ0v) is 11.3. The van der Waals surface area contributed by atoms with Crippen molar-refractivity contribution >= 4 is 17.2 Å². The predicted molar refractivity (Wildman–Crippen MR) is 77.8 cm³/mol. The van der Waals surface area contributed by atoms with Gasteiger partial charge in [0, 0.05) is 5.56 Å². The highest BCUT2D eigenvalue weighted by molar-refractivity contribution is 7.80. The smallest absolute Gasteiger partial charge is 0.165 e. The predicted octanol–water partition coefficient (Wildman–Crippen LogP) is 3.35. The third-order valence-corrected chi connectivity index (χ3v) is 2.97. The molecule has 0 aliphatic carbocycles. The number of hydrogen-bond donors (Lipinski definition) is 1. The molecule has 0 bridgehead atoms. The summed E-state index contributed by atoms with van der Waals surface area (Å²) >= 11 is 4.79. The van der Waals surface area contributed by atoms with Crippen LogP contribution in [0.5, 0.6) is 5.75 Å². The first-order chi connectivity index (χ1) is 9.06. The standard InChI is InChI=1S/C15H14FNOS/c1-10-2-4-11(5-3-10)9-18-14-7-6-12(15(17)19)8-13(14)16/h2-8H,9H2,1H3,(H2,17,19). The second-order valence-electron chi connectivity index (χ2n) is 4.28. The minimum Gasteiger partial charge on any atom is -0.486 e. The summed E-state index contributed by atoms with van der Waals surface area (Å²) in [5.74, 6) is -0.266. The van der Waals surface area contributed by atoms with E-state index >= 15 is 0 Å². The van der Waals surface area contributed by atoms with Gasteiger partial charge < -0.3 is 10.5 Å². The molecule has 0 aliphatic heterocycles. The van der Waals surface area contributed by atoms with Crippen LogP contribution in [0.4, 0.5) is 4.39 Å². The summed E-state index contributed by atoms with van der Waals surface area (Å²) in [5, 5.41) is 0. The van der Waals surface area contributed by atoms with E-state index < -0.39 is 5.82 Å². The van der Waals surface area contributed by atoms with Crippen molar-refractivity contribution in [1.82, 2.24) is 0 Å². The van der Waals surface area contributed by atoms with Crippen LogP contribution in [0.15, 0.2) is 42.5 Å². The van der Waals surface area contributed by atoms with E-state index in [1.54, 1.807) is 6.07 Å². The second kappa shape index (κ2) is 5.80. The highest BCUT2D eigenvalue weighted by Gasteiger charge is 2.06. The van der Waals surface area contributed by atoms with Crippen molar-refractivity contribution in [3.8, 4) is 5.75 Å². The molecular formula is C15H14FNOS. The van der Waals surface area contributed by atoms with Gasteiger partial charge in [0.05, 0.1) is 0 Å². The summed E-state index contributed by atoms with van der Waals surface area (Å²) in [7, 11) is 0. The summed E-state index contributed by atoms with van der Waals surface area (Å²) in [6.45, 7) is 2.34. The molecule has 0 aromatic heterocycles. The topological polar surface area (TPSA) is 35.2 Å². The van der Waals surface area contributed by atoms with E-state index in [4.69, 9.17) is 22.7 Å². The fraction of sp³-hybridized carbons (Fsp3) is 0.133. The van der Waals surface area contributed by atoms with Crippen molar-refractivity contribution in [3.05, 3.63) is 65.0 Å². The third kappa shape index (κ3) is 3.51. The molecule has 2 aromatic carbocycles. The highest BCUT2D eigenvalue weighted by Crippen LogP contribution is 2.19. The molecule has 0 saturated heterocycles. The average molecular weight is 275 g/mol. The van der Waals surface area contributed by atoms with E-state index in [0.717, 1.165) is 5.56 Å². The van der Waals surface area contributed by atoms with Gasteiger partial charge in [-0.1, -0.05) is 42.0 Å². The van der Waals surface area contributed by atoms with E-state index in [1.165, 1.54) is 17.7 Å². The Balaban J connectivity index is 2.07.